The van der Waals surface area contributed by atoms with Crippen LogP contribution in [0, 0.1) is 5.92 Å². The number of carbonyl (C=O) groups excluding carboxylic acids is 1. The minimum Gasteiger partial charge on any atom is -0.439 e. The summed E-state index contributed by atoms with van der Waals surface area (Å²) < 4.78 is 6.43. The zero-order chi connectivity index (χ0) is 15.5. The molecule has 0 bridgehead atoms. The fourth-order valence-electron chi connectivity index (χ4n) is 2.32. The molecule has 6 heteroatoms. The first-order chi connectivity index (χ1) is 10.7. The van der Waals surface area contributed by atoms with Gasteiger partial charge in [-0.05, 0) is 42.3 Å². The number of hydrogen-bond acceptors (Lipinski definition) is 4. The number of hydrogen-bond donors (Lipinski definition) is 2. The highest BCUT2D eigenvalue weighted by Crippen LogP contribution is 2.29. The maximum atomic E-state index is 12.4. The van der Waals surface area contributed by atoms with Crippen LogP contribution < -0.4 is 10.1 Å². The Labute approximate surface area is 135 Å². The van der Waals surface area contributed by atoms with Gasteiger partial charge in [0.15, 0.2) is 0 Å². The van der Waals surface area contributed by atoms with Crippen molar-refractivity contribution in [3.05, 3.63) is 58.6 Å². The van der Waals surface area contributed by atoms with E-state index in [-0.39, 0.29) is 11.8 Å². The first-order valence-corrected chi connectivity index (χ1v) is 7.51. The second kappa shape index (κ2) is 6.19. The maximum Gasteiger partial charge on any atom is 0.243 e. The van der Waals surface area contributed by atoms with Gasteiger partial charge in [0.2, 0.25) is 11.8 Å². The van der Waals surface area contributed by atoms with Crippen LogP contribution in [0.15, 0.2) is 58.2 Å². The van der Waals surface area contributed by atoms with E-state index in [1.807, 2.05) is 30.3 Å². The number of halogens is 1. The van der Waals surface area contributed by atoms with Crippen molar-refractivity contribution in [1.82, 2.24) is 0 Å². The summed E-state index contributed by atoms with van der Waals surface area (Å²) in [5.74, 6) is -0.315. The van der Waals surface area contributed by atoms with E-state index in [0.717, 1.165) is 10.0 Å². The molecule has 0 unspecified atom stereocenters. The molecule has 0 saturated carbocycles. The van der Waals surface area contributed by atoms with E-state index in [2.05, 4.69) is 26.4 Å². The van der Waals surface area contributed by atoms with Crippen molar-refractivity contribution in [2.24, 2.45) is 11.1 Å². The molecule has 0 radical (unpaired) electrons. The highest BCUT2D eigenvalue weighted by atomic mass is 79.9. The van der Waals surface area contributed by atoms with Gasteiger partial charge in [0, 0.05) is 10.2 Å². The third-order valence-electron chi connectivity index (χ3n) is 3.44. The molecule has 1 aliphatic heterocycles. The molecule has 0 aliphatic carbocycles. The minimum atomic E-state index is -0.663. The van der Waals surface area contributed by atoms with Crippen LogP contribution in [-0.2, 0) is 11.2 Å². The monoisotopic (exact) mass is 360 g/mol. The van der Waals surface area contributed by atoms with Gasteiger partial charge in [-0.3, -0.25) is 4.79 Å². The molecule has 1 atom stereocenters. The van der Waals surface area contributed by atoms with Gasteiger partial charge in [0.05, 0.1) is 0 Å². The van der Waals surface area contributed by atoms with Gasteiger partial charge in [-0.1, -0.05) is 39.3 Å². The average molecular weight is 361 g/mol. The van der Waals surface area contributed by atoms with Crippen LogP contribution >= 0.6 is 15.9 Å². The zero-order valence-corrected chi connectivity index (χ0v) is 13.1. The number of nitrogens with one attached hydrogen (secondary N) is 1. The first-order valence-electron chi connectivity index (χ1n) is 6.71. The van der Waals surface area contributed by atoms with E-state index in [1.165, 1.54) is 0 Å². The molecule has 0 fully saturated rings. The van der Waals surface area contributed by atoms with Crippen LogP contribution in [0.1, 0.15) is 5.56 Å². The predicted octanol–water partition coefficient (Wildman–Crippen LogP) is 3.43. The Hall–Kier alpha value is -2.34. The standard InChI is InChI=1S/C16H13BrN2O3/c17-11-5-7-12(8-6-11)18-15(20)13-9-10-3-1-2-4-14(10)22-16(13)19-21/h1-8,13,21H,9H2,(H,18,20)/b19-16+/t13-/m0/s1. The number of nitrogens with zero attached hydrogens (tertiary/aromatic N) is 1. The van der Waals surface area contributed by atoms with Crippen molar-refractivity contribution in [3.8, 4) is 5.75 Å². The van der Waals surface area contributed by atoms with Crippen molar-refractivity contribution in [2.45, 2.75) is 6.42 Å². The fourth-order valence-corrected chi connectivity index (χ4v) is 2.58. The summed E-state index contributed by atoms with van der Waals surface area (Å²) in [4.78, 5) is 12.4. The van der Waals surface area contributed by atoms with Crippen molar-refractivity contribution < 1.29 is 14.7 Å². The Bertz CT molecular complexity index is 728. The van der Waals surface area contributed by atoms with Gasteiger partial charge in [-0.25, -0.2) is 0 Å². The lowest BCUT2D eigenvalue weighted by molar-refractivity contribution is -0.118. The number of oxime groups is 1. The molecule has 0 saturated heterocycles. The van der Waals surface area contributed by atoms with Crippen LogP contribution in [0.4, 0.5) is 5.69 Å². The Morgan fingerprint density at radius 3 is 2.68 bits per heavy atom. The van der Waals surface area contributed by atoms with Crippen molar-refractivity contribution in [2.75, 3.05) is 5.32 Å². The maximum absolute atomic E-state index is 12.4. The van der Waals surface area contributed by atoms with E-state index in [9.17, 15) is 4.79 Å². The molecule has 2 aromatic rings. The second-order valence-corrected chi connectivity index (χ2v) is 5.82. The van der Waals surface area contributed by atoms with Gasteiger partial charge in [0.25, 0.3) is 0 Å². The van der Waals surface area contributed by atoms with Gasteiger partial charge in [0.1, 0.15) is 11.7 Å². The molecule has 22 heavy (non-hydrogen) atoms. The Kier molecular flexibility index (Phi) is 4.11. The lowest BCUT2D eigenvalue weighted by atomic mass is 9.95. The fraction of sp³-hybridized carbons (Fsp3) is 0.125. The molecule has 5 nitrogen and oxygen atoms in total. The molecule has 0 spiro atoms. The summed E-state index contributed by atoms with van der Waals surface area (Å²) in [6, 6.07) is 14.6. The molecule has 1 heterocycles. The number of rotatable bonds is 2. The zero-order valence-electron chi connectivity index (χ0n) is 11.5. The Balaban J connectivity index is 1.81. The van der Waals surface area contributed by atoms with E-state index in [4.69, 9.17) is 9.94 Å². The SMILES string of the molecule is O=C(Nc1ccc(Br)cc1)[C@@H]1Cc2ccccc2O/C1=N/O. The van der Waals surface area contributed by atoms with E-state index < -0.39 is 5.92 Å². The number of anilines is 1. The number of amides is 1. The molecule has 1 aliphatic rings. The number of benzene rings is 2. The van der Waals surface area contributed by atoms with Gasteiger partial charge >= 0.3 is 0 Å². The second-order valence-electron chi connectivity index (χ2n) is 4.90. The smallest absolute Gasteiger partial charge is 0.243 e. The highest BCUT2D eigenvalue weighted by molar-refractivity contribution is 9.10. The predicted molar refractivity (Wildman–Crippen MR) is 86.3 cm³/mol. The number of carbonyl (C=O) groups is 1. The molecule has 112 valence electrons. The van der Waals surface area contributed by atoms with E-state index >= 15 is 0 Å². The van der Waals surface area contributed by atoms with Crippen molar-refractivity contribution in [1.29, 1.82) is 0 Å². The quantitative estimate of drug-likeness (QED) is 0.636. The topological polar surface area (TPSA) is 70.9 Å². The number of fused-ring (bicyclic) bond motifs is 1. The van der Waals surface area contributed by atoms with Gasteiger partial charge in [-0.2, -0.15) is 0 Å². The van der Waals surface area contributed by atoms with Crippen molar-refractivity contribution in [3.63, 3.8) is 0 Å². The minimum absolute atomic E-state index is 0.00770. The van der Waals surface area contributed by atoms with Crippen LogP contribution in [-0.4, -0.2) is 17.0 Å². The van der Waals surface area contributed by atoms with Crippen LogP contribution in [0.25, 0.3) is 0 Å². The third-order valence-corrected chi connectivity index (χ3v) is 3.96. The van der Waals surface area contributed by atoms with Crippen molar-refractivity contribution >= 4 is 33.4 Å². The Morgan fingerprint density at radius 2 is 1.95 bits per heavy atom. The normalized spacial score (nSPS) is 18.4. The highest BCUT2D eigenvalue weighted by Gasteiger charge is 2.33. The Morgan fingerprint density at radius 1 is 1.23 bits per heavy atom. The summed E-state index contributed by atoms with van der Waals surface area (Å²) in [7, 11) is 0. The lowest BCUT2D eigenvalue weighted by Gasteiger charge is -2.24. The van der Waals surface area contributed by atoms with E-state index in [0.29, 0.717) is 17.9 Å². The van der Waals surface area contributed by atoms with E-state index in [1.54, 1.807) is 18.2 Å². The lowest BCUT2D eigenvalue weighted by Crippen LogP contribution is -2.37. The van der Waals surface area contributed by atoms with Gasteiger partial charge < -0.3 is 15.3 Å². The van der Waals surface area contributed by atoms with Crippen LogP contribution in [0.3, 0.4) is 0 Å². The molecular weight excluding hydrogens is 348 g/mol. The third kappa shape index (κ3) is 2.96. The molecule has 0 aromatic heterocycles. The molecule has 1 amide bonds. The number of para-hydroxylation sites is 1. The summed E-state index contributed by atoms with van der Waals surface area (Å²) in [6.07, 6.45) is 0.429. The molecule has 2 aromatic carbocycles. The first kappa shape index (κ1) is 14.6. The largest absolute Gasteiger partial charge is 0.439 e. The van der Waals surface area contributed by atoms with Crippen LogP contribution in [0.2, 0.25) is 0 Å². The summed E-state index contributed by atoms with van der Waals surface area (Å²) in [5.41, 5.74) is 1.58. The summed E-state index contributed by atoms with van der Waals surface area (Å²) in [6.45, 7) is 0. The molecule has 2 N–H and O–H groups in total. The van der Waals surface area contributed by atoms with Crippen LogP contribution in [0.5, 0.6) is 5.75 Å². The summed E-state index contributed by atoms with van der Waals surface area (Å²) in [5, 5.41) is 15.0. The number of ether oxygens (including phenoxy) is 1. The molecular formula is C16H13BrN2O3. The summed E-state index contributed by atoms with van der Waals surface area (Å²) >= 11 is 3.34. The van der Waals surface area contributed by atoms with Gasteiger partial charge in [-0.15, -0.1) is 0 Å². The average Bonchev–Trinajstić information content (AvgIpc) is 2.55. The molecule has 3 rings (SSSR count).